The molecule has 5 heterocycles. The molecule has 1 aliphatic heterocycles. The molecule has 0 aliphatic carbocycles. The summed E-state index contributed by atoms with van der Waals surface area (Å²) in [5.74, 6) is 1.15. The van der Waals surface area contributed by atoms with Crippen LogP contribution in [-0.4, -0.2) is 14.5 Å². The molecule has 1 aliphatic rings. The van der Waals surface area contributed by atoms with E-state index in [0.29, 0.717) is 0 Å². The summed E-state index contributed by atoms with van der Waals surface area (Å²) in [5.41, 5.74) is 5.34. The number of furan rings is 1. The first-order chi connectivity index (χ1) is 9.84. The van der Waals surface area contributed by atoms with Crippen LogP contribution in [0.15, 0.2) is 41.3 Å². The van der Waals surface area contributed by atoms with Gasteiger partial charge in [0.25, 0.3) is 5.82 Å². The quantitative estimate of drug-likeness (QED) is 0.402. The van der Waals surface area contributed by atoms with Gasteiger partial charge in [-0.15, -0.1) is 0 Å². The Morgan fingerprint density at radius 3 is 3.00 bits per heavy atom. The van der Waals surface area contributed by atoms with Crippen LogP contribution in [0.2, 0.25) is 0 Å². The van der Waals surface area contributed by atoms with Crippen LogP contribution in [0, 0.1) is 0 Å². The van der Waals surface area contributed by atoms with Gasteiger partial charge in [-0.25, -0.2) is 4.57 Å². The zero-order valence-corrected chi connectivity index (χ0v) is 10.9. The number of aryl methyl sites for hydroxylation is 1. The molecule has 0 fully saturated rings. The fourth-order valence-corrected chi connectivity index (χ4v) is 3.21. The minimum atomic E-state index is 0.831. The summed E-state index contributed by atoms with van der Waals surface area (Å²) in [6.07, 6.45) is 7.35. The number of rotatable bonds is 0. The molecule has 0 unspecified atom stereocenters. The van der Waals surface area contributed by atoms with Crippen LogP contribution in [-0.2, 0) is 13.6 Å². The van der Waals surface area contributed by atoms with E-state index in [1.807, 2.05) is 25.5 Å². The van der Waals surface area contributed by atoms with Crippen LogP contribution in [0.4, 0.5) is 0 Å². The summed E-state index contributed by atoms with van der Waals surface area (Å²) >= 11 is 0. The second-order valence-corrected chi connectivity index (χ2v) is 5.13. The van der Waals surface area contributed by atoms with E-state index in [4.69, 9.17) is 4.42 Å². The molecule has 5 nitrogen and oxygen atoms in total. The maximum Gasteiger partial charge on any atom is 0.339 e. The van der Waals surface area contributed by atoms with Gasteiger partial charge in [-0.3, -0.25) is 9.97 Å². The minimum Gasteiger partial charge on any atom is -0.417 e. The predicted octanol–water partition coefficient (Wildman–Crippen LogP) is 2.03. The molecule has 0 atom stereocenters. The zero-order valence-electron chi connectivity index (χ0n) is 10.9. The van der Waals surface area contributed by atoms with Crippen molar-refractivity contribution in [2.75, 3.05) is 0 Å². The molecule has 0 spiro atoms. The van der Waals surface area contributed by atoms with Crippen molar-refractivity contribution in [2.45, 2.75) is 6.54 Å². The van der Waals surface area contributed by atoms with Crippen molar-refractivity contribution in [1.82, 2.24) is 14.5 Å². The van der Waals surface area contributed by atoms with E-state index in [9.17, 15) is 0 Å². The number of fused-ring (bicyclic) bond motifs is 7. The highest BCUT2D eigenvalue weighted by molar-refractivity contribution is 6.01. The number of imidazole rings is 1. The monoisotopic (exact) mass is 263 g/mol. The highest BCUT2D eigenvalue weighted by atomic mass is 16.3. The molecule has 0 saturated carbocycles. The van der Waals surface area contributed by atoms with Gasteiger partial charge in [-0.2, -0.15) is 4.57 Å². The Balaban J connectivity index is 1.99. The van der Waals surface area contributed by atoms with Gasteiger partial charge in [0, 0.05) is 24.2 Å². The molecule has 0 aromatic carbocycles. The van der Waals surface area contributed by atoms with Gasteiger partial charge in [0.1, 0.15) is 6.54 Å². The summed E-state index contributed by atoms with van der Waals surface area (Å²) in [6.45, 7) is 0.863. The smallest absolute Gasteiger partial charge is 0.339 e. The molecule has 0 saturated heterocycles. The Kier molecular flexibility index (Phi) is 1.65. The zero-order chi connectivity index (χ0) is 13.3. The van der Waals surface area contributed by atoms with Crippen LogP contribution >= 0.6 is 0 Å². The molecule has 0 amide bonds. The lowest BCUT2D eigenvalue weighted by Crippen LogP contribution is -2.29. The van der Waals surface area contributed by atoms with Crippen LogP contribution in [0.5, 0.6) is 0 Å². The van der Waals surface area contributed by atoms with Crippen LogP contribution < -0.4 is 4.57 Å². The summed E-state index contributed by atoms with van der Waals surface area (Å²) < 4.78 is 10.4. The van der Waals surface area contributed by atoms with Gasteiger partial charge in [0.2, 0.25) is 5.52 Å². The Labute approximate surface area is 114 Å². The van der Waals surface area contributed by atoms with E-state index >= 15 is 0 Å². The van der Waals surface area contributed by atoms with Crippen molar-refractivity contribution in [3.63, 3.8) is 0 Å². The van der Waals surface area contributed by atoms with Crippen molar-refractivity contribution in [3.8, 4) is 11.4 Å². The molecule has 0 bridgehead atoms. The fraction of sp³-hybridized carbons (Fsp3) is 0.133. The molecule has 20 heavy (non-hydrogen) atoms. The Morgan fingerprint density at radius 1 is 1.20 bits per heavy atom. The molecule has 96 valence electrons. The van der Waals surface area contributed by atoms with Crippen molar-refractivity contribution < 1.29 is 8.98 Å². The summed E-state index contributed by atoms with van der Waals surface area (Å²) in [6, 6.07) is 4.09. The molecule has 0 radical (unpaired) electrons. The maximum absolute atomic E-state index is 5.95. The molecule has 5 heteroatoms. The van der Waals surface area contributed by atoms with Crippen LogP contribution in [0.25, 0.3) is 33.6 Å². The maximum atomic E-state index is 5.95. The number of aromatic nitrogens is 4. The van der Waals surface area contributed by atoms with Crippen molar-refractivity contribution in [2.24, 2.45) is 7.05 Å². The average Bonchev–Trinajstić information content (AvgIpc) is 3.10. The molecule has 4 aromatic rings. The second kappa shape index (κ2) is 3.25. The van der Waals surface area contributed by atoms with E-state index in [1.54, 1.807) is 12.4 Å². The van der Waals surface area contributed by atoms with Crippen molar-refractivity contribution in [3.05, 3.63) is 42.5 Å². The predicted molar refractivity (Wildman–Crippen MR) is 73.0 cm³/mol. The highest BCUT2D eigenvalue weighted by Gasteiger charge is 2.35. The lowest BCUT2D eigenvalue weighted by Gasteiger charge is -1.93. The third kappa shape index (κ3) is 1.02. The standard InChI is InChI=1S/C15H11N4O/c1-18-14-11-6-16-4-2-9(11)8-19(14)13-10-3-5-17-7-12(10)20-15(13)18/h2-7H,8H2,1H3/q+1. The Hall–Kier alpha value is -2.69. The van der Waals surface area contributed by atoms with E-state index in [0.717, 1.165) is 34.6 Å². The van der Waals surface area contributed by atoms with Crippen LogP contribution in [0.3, 0.4) is 0 Å². The molecular formula is C15H11N4O+. The largest absolute Gasteiger partial charge is 0.417 e. The average molecular weight is 263 g/mol. The number of hydrogen-bond acceptors (Lipinski definition) is 3. The van der Waals surface area contributed by atoms with Gasteiger partial charge < -0.3 is 4.42 Å². The normalized spacial score (nSPS) is 13.1. The Morgan fingerprint density at radius 2 is 2.05 bits per heavy atom. The minimum absolute atomic E-state index is 0.831. The van der Waals surface area contributed by atoms with Gasteiger partial charge in [-0.05, 0) is 12.1 Å². The van der Waals surface area contributed by atoms with E-state index in [-0.39, 0.29) is 0 Å². The first-order valence-electron chi connectivity index (χ1n) is 6.52. The molecule has 0 N–H and O–H groups in total. The number of pyridine rings is 2. The lowest BCUT2D eigenvalue weighted by atomic mass is 10.2. The summed E-state index contributed by atoms with van der Waals surface area (Å²) in [4.78, 5) is 8.37. The fourth-order valence-electron chi connectivity index (χ4n) is 3.21. The van der Waals surface area contributed by atoms with E-state index in [2.05, 4.69) is 25.2 Å². The topological polar surface area (TPSA) is 47.7 Å². The first kappa shape index (κ1) is 10.1. The number of hydrogen-bond donors (Lipinski definition) is 0. The van der Waals surface area contributed by atoms with Crippen molar-refractivity contribution in [1.29, 1.82) is 0 Å². The molecular weight excluding hydrogens is 252 g/mol. The summed E-state index contributed by atoms with van der Waals surface area (Å²) in [7, 11) is 2.03. The second-order valence-electron chi connectivity index (χ2n) is 5.13. The first-order valence-corrected chi connectivity index (χ1v) is 6.52. The van der Waals surface area contributed by atoms with Gasteiger partial charge in [0.05, 0.1) is 24.2 Å². The van der Waals surface area contributed by atoms with Gasteiger partial charge in [-0.1, -0.05) is 0 Å². The highest BCUT2D eigenvalue weighted by Crippen LogP contribution is 2.36. The van der Waals surface area contributed by atoms with Crippen molar-refractivity contribution >= 4 is 22.2 Å². The third-order valence-corrected chi connectivity index (χ3v) is 4.08. The Bertz CT molecular complexity index is 996. The lowest BCUT2D eigenvalue weighted by molar-refractivity contribution is -0.640. The number of nitrogens with zero attached hydrogens (tertiary/aromatic N) is 4. The summed E-state index contributed by atoms with van der Waals surface area (Å²) in [5, 5.41) is 1.11. The molecule has 5 rings (SSSR count). The van der Waals surface area contributed by atoms with E-state index in [1.165, 1.54) is 11.1 Å². The third-order valence-electron chi connectivity index (χ3n) is 4.08. The van der Waals surface area contributed by atoms with Gasteiger partial charge >= 0.3 is 5.71 Å². The van der Waals surface area contributed by atoms with Gasteiger partial charge in [0.15, 0.2) is 5.58 Å². The molecule has 4 aromatic heterocycles. The SMILES string of the molecule is C[n+]1c2n(c3c4ccncc4oc31)Cc1ccncc1-2. The van der Waals surface area contributed by atoms with E-state index < -0.39 is 0 Å². The van der Waals surface area contributed by atoms with Crippen LogP contribution in [0.1, 0.15) is 5.56 Å².